The standard InChI is InChI=1S/C10H11FO4S2/c11-8-1-3-9(4-2-8)17(14,15)10-5-6-16(12,13)7-10/h1-4,10H,5-7H2/t10-/m0/s1. The van der Waals surface area contributed by atoms with Gasteiger partial charge in [0.05, 0.1) is 21.7 Å². The van der Waals surface area contributed by atoms with Crippen LogP contribution in [0.25, 0.3) is 0 Å². The number of halogens is 1. The monoisotopic (exact) mass is 278 g/mol. The van der Waals surface area contributed by atoms with E-state index in [0.717, 1.165) is 24.3 Å². The second-order valence-corrected chi connectivity index (χ2v) is 8.48. The molecule has 0 aliphatic carbocycles. The maximum atomic E-state index is 12.7. The predicted molar refractivity (Wildman–Crippen MR) is 60.6 cm³/mol. The predicted octanol–water partition coefficient (Wildman–Crippen LogP) is 0.787. The molecule has 1 fully saturated rings. The summed E-state index contributed by atoms with van der Waals surface area (Å²) in [6, 6.07) is 4.43. The van der Waals surface area contributed by atoms with E-state index >= 15 is 0 Å². The van der Waals surface area contributed by atoms with Crippen molar-refractivity contribution in [2.75, 3.05) is 11.5 Å². The summed E-state index contributed by atoms with van der Waals surface area (Å²) >= 11 is 0. The van der Waals surface area contributed by atoms with Crippen molar-refractivity contribution in [1.82, 2.24) is 0 Å². The van der Waals surface area contributed by atoms with Gasteiger partial charge in [-0.3, -0.25) is 0 Å². The van der Waals surface area contributed by atoms with Gasteiger partial charge in [0, 0.05) is 0 Å². The Hall–Kier alpha value is -0.950. The van der Waals surface area contributed by atoms with Gasteiger partial charge in [-0.25, -0.2) is 21.2 Å². The van der Waals surface area contributed by atoms with Crippen LogP contribution < -0.4 is 0 Å². The van der Waals surface area contributed by atoms with E-state index in [1.165, 1.54) is 0 Å². The smallest absolute Gasteiger partial charge is 0.182 e. The second-order valence-electron chi connectivity index (χ2n) is 4.02. The van der Waals surface area contributed by atoms with Crippen LogP contribution in [-0.4, -0.2) is 33.6 Å². The van der Waals surface area contributed by atoms with Crippen molar-refractivity contribution >= 4 is 19.7 Å². The van der Waals surface area contributed by atoms with Gasteiger partial charge >= 0.3 is 0 Å². The fourth-order valence-electron chi connectivity index (χ4n) is 1.82. The highest BCUT2D eigenvalue weighted by molar-refractivity contribution is 7.96. The summed E-state index contributed by atoms with van der Waals surface area (Å²) in [5.41, 5.74) is 0. The van der Waals surface area contributed by atoms with Crippen LogP contribution in [0.3, 0.4) is 0 Å². The summed E-state index contributed by atoms with van der Waals surface area (Å²) in [6.07, 6.45) is 0.113. The maximum absolute atomic E-state index is 12.7. The number of hydrogen-bond donors (Lipinski definition) is 0. The normalized spacial score (nSPS) is 23.7. The summed E-state index contributed by atoms with van der Waals surface area (Å²) in [5.74, 6) is -0.965. The van der Waals surface area contributed by atoms with Gasteiger partial charge in [-0.1, -0.05) is 0 Å². The molecule has 1 aliphatic heterocycles. The Morgan fingerprint density at radius 3 is 2.24 bits per heavy atom. The minimum Gasteiger partial charge on any atom is -0.229 e. The minimum absolute atomic E-state index is 0.0269. The number of sulfone groups is 2. The molecule has 4 nitrogen and oxygen atoms in total. The van der Waals surface area contributed by atoms with Crippen molar-refractivity contribution in [3.8, 4) is 0 Å². The first kappa shape index (κ1) is 12.5. The molecule has 0 amide bonds. The van der Waals surface area contributed by atoms with Gasteiger partial charge in [0.2, 0.25) is 0 Å². The van der Waals surface area contributed by atoms with Crippen LogP contribution in [0.5, 0.6) is 0 Å². The number of hydrogen-bond acceptors (Lipinski definition) is 4. The topological polar surface area (TPSA) is 68.3 Å². The molecule has 1 aromatic rings. The Morgan fingerprint density at radius 1 is 1.18 bits per heavy atom. The van der Waals surface area contributed by atoms with Crippen LogP contribution in [0.1, 0.15) is 6.42 Å². The number of benzene rings is 1. The zero-order chi connectivity index (χ0) is 12.7. The highest BCUT2D eigenvalue weighted by Gasteiger charge is 2.37. The average molecular weight is 278 g/mol. The quantitative estimate of drug-likeness (QED) is 0.750. The average Bonchev–Trinajstić information content (AvgIpc) is 2.60. The van der Waals surface area contributed by atoms with E-state index in [9.17, 15) is 21.2 Å². The molecule has 0 radical (unpaired) electrons. The van der Waals surface area contributed by atoms with Crippen molar-refractivity contribution in [2.45, 2.75) is 16.6 Å². The van der Waals surface area contributed by atoms with Crippen molar-refractivity contribution in [3.05, 3.63) is 30.1 Å². The first-order valence-electron chi connectivity index (χ1n) is 5.01. The molecule has 1 heterocycles. The lowest BCUT2D eigenvalue weighted by atomic mass is 10.3. The van der Waals surface area contributed by atoms with Crippen molar-refractivity contribution in [1.29, 1.82) is 0 Å². The Bertz CT molecular complexity index is 617. The minimum atomic E-state index is -3.67. The highest BCUT2D eigenvalue weighted by atomic mass is 32.2. The van der Waals surface area contributed by atoms with Crippen LogP contribution in [0.2, 0.25) is 0 Å². The third-order valence-electron chi connectivity index (χ3n) is 2.77. The third kappa shape index (κ3) is 2.50. The Morgan fingerprint density at radius 2 is 1.76 bits per heavy atom. The molecule has 0 N–H and O–H groups in total. The molecule has 0 aromatic heterocycles. The van der Waals surface area contributed by atoms with E-state index in [1.54, 1.807) is 0 Å². The molecule has 94 valence electrons. The van der Waals surface area contributed by atoms with Crippen molar-refractivity contribution < 1.29 is 21.2 Å². The van der Waals surface area contributed by atoms with Gasteiger partial charge in [0.25, 0.3) is 0 Å². The van der Waals surface area contributed by atoms with Crippen LogP contribution in [0, 0.1) is 5.82 Å². The molecule has 17 heavy (non-hydrogen) atoms. The van der Waals surface area contributed by atoms with E-state index < -0.39 is 30.7 Å². The van der Waals surface area contributed by atoms with Crippen LogP contribution >= 0.6 is 0 Å². The molecule has 0 saturated carbocycles. The zero-order valence-electron chi connectivity index (χ0n) is 8.84. The summed E-state index contributed by atoms with van der Waals surface area (Å²) in [4.78, 5) is -0.0269. The molecule has 7 heteroatoms. The SMILES string of the molecule is O=S1(=O)CC[C@H](S(=O)(=O)c2ccc(F)cc2)C1. The molecule has 0 unspecified atom stereocenters. The van der Waals surface area contributed by atoms with Crippen molar-refractivity contribution in [2.24, 2.45) is 0 Å². The van der Waals surface area contributed by atoms with Gasteiger partial charge in [0.1, 0.15) is 5.82 Å². The molecule has 1 atom stereocenters. The van der Waals surface area contributed by atoms with Crippen LogP contribution in [-0.2, 0) is 19.7 Å². The first-order valence-corrected chi connectivity index (χ1v) is 8.38. The van der Waals surface area contributed by atoms with Gasteiger partial charge in [-0.15, -0.1) is 0 Å². The van der Waals surface area contributed by atoms with E-state index in [-0.39, 0.29) is 22.8 Å². The summed E-state index contributed by atoms with van der Waals surface area (Å²) in [6.45, 7) is 0. The van der Waals surface area contributed by atoms with E-state index in [0.29, 0.717) is 0 Å². The van der Waals surface area contributed by atoms with Crippen LogP contribution in [0.15, 0.2) is 29.2 Å². The van der Waals surface area contributed by atoms with Crippen molar-refractivity contribution in [3.63, 3.8) is 0 Å². The lowest BCUT2D eigenvalue weighted by Crippen LogP contribution is -2.22. The molecular weight excluding hydrogens is 267 g/mol. The summed E-state index contributed by atoms with van der Waals surface area (Å²) in [7, 11) is -6.92. The zero-order valence-corrected chi connectivity index (χ0v) is 10.5. The van der Waals surface area contributed by atoms with E-state index in [1.807, 2.05) is 0 Å². The Balaban J connectivity index is 2.35. The maximum Gasteiger partial charge on any atom is 0.182 e. The lowest BCUT2D eigenvalue weighted by molar-refractivity contribution is 0.581. The molecular formula is C10H11FO4S2. The second kappa shape index (κ2) is 4.06. The van der Waals surface area contributed by atoms with Gasteiger partial charge in [-0.05, 0) is 30.7 Å². The summed E-state index contributed by atoms with van der Waals surface area (Å²) in [5, 5.41) is -0.905. The third-order valence-corrected chi connectivity index (χ3v) is 6.96. The number of rotatable bonds is 2. The highest BCUT2D eigenvalue weighted by Crippen LogP contribution is 2.25. The Labute approximate surface area is 99.3 Å². The molecule has 2 rings (SSSR count). The fourth-order valence-corrected chi connectivity index (χ4v) is 6.18. The largest absolute Gasteiger partial charge is 0.229 e. The lowest BCUT2D eigenvalue weighted by Gasteiger charge is -2.09. The van der Waals surface area contributed by atoms with Crippen LogP contribution in [0.4, 0.5) is 4.39 Å². The summed E-state index contributed by atoms with van der Waals surface area (Å²) < 4.78 is 59.3. The molecule has 1 aromatic carbocycles. The van der Waals surface area contributed by atoms with Gasteiger partial charge < -0.3 is 0 Å². The van der Waals surface area contributed by atoms with Gasteiger partial charge in [-0.2, -0.15) is 0 Å². The Kier molecular flexibility index (Phi) is 2.99. The first-order chi connectivity index (χ1) is 7.81. The molecule has 1 aliphatic rings. The van der Waals surface area contributed by atoms with E-state index in [4.69, 9.17) is 0 Å². The molecule has 0 spiro atoms. The van der Waals surface area contributed by atoms with Gasteiger partial charge in [0.15, 0.2) is 19.7 Å². The van der Waals surface area contributed by atoms with E-state index in [2.05, 4.69) is 0 Å². The fraction of sp³-hybridized carbons (Fsp3) is 0.400. The molecule has 1 saturated heterocycles. The molecule has 0 bridgehead atoms.